The van der Waals surface area contributed by atoms with Crippen molar-refractivity contribution in [3.05, 3.63) is 82.3 Å². The summed E-state index contributed by atoms with van der Waals surface area (Å²) in [5, 5.41) is 3.93. The molecule has 0 aliphatic rings. The van der Waals surface area contributed by atoms with Gasteiger partial charge in [0.2, 0.25) is 10.0 Å². The van der Waals surface area contributed by atoms with Gasteiger partial charge in [0.15, 0.2) is 0 Å². The maximum Gasteiger partial charge on any atom is 0.243 e. The van der Waals surface area contributed by atoms with E-state index in [1.54, 1.807) is 29.7 Å². The van der Waals surface area contributed by atoms with Crippen LogP contribution in [-0.2, 0) is 28.5 Å². The number of hydrogen-bond acceptors (Lipinski definition) is 4. The maximum absolute atomic E-state index is 13.3. The zero-order valence-electron chi connectivity index (χ0n) is 15.8. The predicted octanol–water partition coefficient (Wildman–Crippen LogP) is 4.83. The van der Waals surface area contributed by atoms with Crippen molar-refractivity contribution in [2.45, 2.75) is 44.2 Å². The lowest BCUT2D eigenvalue weighted by Gasteiger charge is -2.23. The van der Waals surface area contributed by atoms with Gasteiger partial charge in [0.05, 0.1) is 17.1 Å². The summed E-state index contributed by atoms with van der Waals surface area (Å²) >= 11 is 1.56. The fourth-order valence-electron chi connectivity index (χ4n) is 2.76. The molecule has 0 aliphatic carbocycles. The van der Waals surface area contributed by atoms with Crippen LogP contribution in [0.25, 0.3) is 0 Å². The Labute approximate surface area is 165 Å². The van der Waals surface area contributed by atoms with E-state index in [0.717, 1.165) is 16.8 Å². The van der Waals surface area contributed by atoms with Crippen LogP contribution in [0.5, 0.6) is 0 Å². The van der Waals surface area contributed by atoms with Crippen molar-refractivity contribution in [3.63, 3.8) is 0 Å². The second-order valence-corrected chi connectivity index (χ2v) is 10.2. The Morgan fingerprint density at radius 2 is 1.74 bits per heavy atom. The molecule has 2 aromatic heterocycles. The van der Waals surface area contributed by atoms with Gasteiger partial charge in [-0.2, -0.15) is 15.6 Å². The van der Waals surface area contributed by atoms with E-state index in [1.807, 2.05) is 47.2 Å². The summed E-state index contributed by atoms with van der Waals surface area (Å²) in [6, 6.07) is 14.7. The molecule has 27 heavy (non-hydrogen) atoms. The van der Waals surface area contributed by atoms with E-state index >= 15 is 0 Å². The van der Waals surface area contributed by atoms with E-state index in [2.05, 4.69) is 25.8 Å². The SMILES string of the molecule is CC(C)(C)c1ccc(S(=O)(=O)N(Cc2ccsc2)Cc2ccccn2)cc1. The Kier molecular flexibility index (Phi) is 5.79. The highest BCUT2D eigenvalue weighted by atomic mass is 32.2. The molecule has 6 heteroatoms. The third-order valence-electron chi connectivity index (χ3n) is 4.36. The molecule has 0 saturated carbocycles. The lowest BCUT2D eigenvalue weighted by atomic mass is 9.87. The number of pyridine rings is 1. The molecule has 0 fully saturated rings. The van der Waals surface area contributed by atoms with E-state index < -0.39 is 10.0 Å². The van der Waals surface area contributed by atoms with Crippen LogP contribution in [0.4, 0.5) is 0 Å². The minimum absolute atomic E-state index is 0.0212. The van der Waals surface area contributed by atoms with Crippen LogP contribution in [0.15, 0.2) is 70.4 Å². The third-order valence-corrected chi connectivity index (χ3v) is 6.90. The fraction of sp³-hybridized carbons (Fsp3) is 0.286. The van der Waals surface area contributed by atoms with Crippen molar-refractivity contribution in [3.8, 4) is 0 Å². The molecule has 0 saturated heterocycles. The van der Waals surface area contributed by atoms with E-state index in [-0.39, 0.29) is 12.0 Å². The highest BCUT2D eigenvalue weighted by molar-refractivity contribution is 7.89. The van der Waals surface area contributed by atoms with E-state index in [1.165, 1.54) is 4.31 Å². The summed E-state index contributed by atoms with van der Waals surface area (Å²) in [5.41, 5.74) is 2.79. The van der Waals surface area contributed by atoms with Crippen molar-refractivity contribution in [1.82, 2.24) is 9.29 Å². The molecule has 0 amide bonds. The van der Waals surface area contributed by atoms with Crippen LogP contribution in [0.2, 0.25) is 0 Å². The summed E-state index contributed by atoms with van der Waals surface area (Å²) in [7, 11) is -3.64. The Balaban J connectivity index is 1.93. The van der Waals surface area contributed by atoms with Crippen molar-refractivity contribution in [2.75, 3.05) is 0 Å². The van der Waals surface area contributed by atoms with Crippen LogP contribution >= 0.6 is 11.3 Å². The fourth-order valence-corrected chi connectivity index (χ4v) is 4.82. The molecular formula is C21H24N2O2S2. The molecule has 0 radical (unpaired) electrons. The van der Waals surface area contributed by atoms with Gasteiger partial charge in [-0.25, -0.2) is 8.42 Å². The monoisotopic (exact) mass is 400 g/mol. The number of sulfonamides is 1. The summed E-state index contributed by atoms with van der Waals surface area (Å²) in [6.07, 6.45) is 1.68. The van der Waals surface area contributed by atoms with Crippen LogP contribution in [-0.4, -0.2) is 17.7 Å². The first-order valence-corrected chi connectivity index (χ1v) is 11.2. The van der Waals surface area contributed by atoms with Crippen LogP contribution in [0.1, 0.15) is 37.6 Å². The molecule has 0 aliphatic heterocycles. The minimum Gasteiger partial charge on any atom is -0.260 e. The summed E-state index contributed by atoms with van der Waals surface area (Å²) in [4.78, 5) is 4.60. The van der Waals surface area contributed by atoms with Crippen molar-refractivity contribution in [1.29, 1.82) is 0 Å². The minimum atomic E-state index is -3.64. The normalized spacial score (nSPS) is 12.4. The van der Waals surface area contributed by atoms with Gasteiger partial charge in [-0.15, -0.1) is 0 Å². The summed E-state index contributed by atoms with van der Waals surface area (Å²) < 4.78 is 28.1. The Hall–Kier alpha value is -2.02. The number of aromatic nitrogens is 1. The number of nitrogens with zero attached hydrogens (tertiary/aromatic N) is 2. The van der Waals surface area contributed by atoms with E-state index in [0.29, 0.717) is 11.4 Å². The summed E-state index contributed by atoms with van der Waals surface area (Å²) in [6.45, 7) is 6.89. The highest BCUT2D eigenvalue weighted by Crippen LogP contribution is 2.26. The van der Waals surface area contributed by atoms with Crippen molar-refractivity contribution in [2.24, 2.45) is 0 Å². The molecule has 3 aromatic rings. The molecule has 1 aromatic carbocycles. The van der Waals surface area contributed by atoms with Crippen molar-refractivity contribution < 1.29 is 8.42 Å². The number of benzene rings is 1. The lowest BCUT2D eigenvalue weighted by Crippen LogP contribution is -2.30. The first kappa shape index (κ1) is 19.7. The zero-order valence-corrected chi connectivity index (χ0v) is 17.4. The smallest absolute Gasteiger partial charge is 0.243 e. The Morgan fingerprint density at radius 1 is 1.00 bits per heavy atom. The molecule has 0 spiro atoms. The zero-order chi connectivity index (χ0) is 19.5. The first-order valence-electron chi connectivity index (χ1n) is 8.78. The average molecular weight is 401 g/mol. The molecule has 0 N–H and O–H groups in total. The van der Waals surface area contributed by atoms with E-state index in [9.17, 15) is 8.42 Å². The Bertz CT molecular complexity index is 959. The van der Waals surface area contributed by atoms with Gasteiger partial charge >= 0.3 is 0 Å². The largest absolute Gasteiger partial charge is 0.260 e. The molecule has 0 atom stereocenters. The highest BCUT2D eigenvalue weighted by Gasteiger charge is 2.26. The average Bonchev–Trinajstić information content (AvgIpc) is 3.14. The van der Waals surface area contributed by atoms with Gasteiger partial charge in [-0.1, -0.05) is 39.0 Å². The van der Waals surface area contributed by atoms with Crippen LogP contribution in [0, 0.1) is 0 Å². The topological polar surface area (TPSA) is 50.3 Å². The van der Waals surface area contributed by atoms with Crippen LogP contribution in [0.3, 0.4) is 0 Å². The predicted molar refractivity (Wildman–Crippen MR) is 110 cm³/mol. The molecule has 3 rings (SSSR count). The first-order chi connectivity index (χ1) is 12.8. The lowest BCUT2D eigenvalue weighted by molar-refractivity contribution is 0.397. The van der Waals surface area contributed by atoms with Gasteiger partial charge in [0.1, 0.15) is 0 Å². The second kappa shape index (κ2) is 7.92. The van der Waals surface area contributed by atoms with Gasteiger partial charge < -0.3 is 0 Å². The molecule has 4 nitrogen and oxygen atoms in total. The van der Waals surface area contributed by atoms with Gasteiger partial charge in [-0.05, 0) is 57.6 Å². The van der Waals surface area contributed by atoms with Crippen molar-refractivity contribution >= 4 is 21.4 Å². The van der Waals surface area contributed by atoms with Crippen LogP contribution < -0.4 is 0 Å². The number of hydrogen-bond donors (Lipinski definition) is 0. The quantitative estimate of drug-likeness (QED) is 0.595. The molecule has 0 unspecified atom stereocenters. The van der Waals surface area contributed by atoms with Gasteiger partial charge in [-0.3, -0.25) is 4.98 Å². The summed E-state index contributed by atoms with van der Waals surface area (Å²) in [5.74, 6) is 0. The molecule has 2 heterocycles. The molecule has 0 bridgehead atoms. The maximum atomic E-state index is 13.3. The van der Waals surface area contributed by atoms with Gasteiger partial charge in [0, 0.05) is 12.7 Å². The third kappa shape index (κ3) is 4.83. The standard InChI is InChI=1S/C21H24N2O2S2/c1-21(2,3)18-7-9-20(10-8-18)27(24,25)23(14-17-11-13-26-16-17)15-19-6-4-5-12-22-19/h4-13,16H,14-15H2,1-3H3. The second-order valence-electron chi connectivity index (χ2n) is 7.50. The van der Waals surface area contributed by atoms with Gasteiger partial charge in [0.25, 0.3) is 0 Å². The molecule has 142 valence electrons. The number of rotatable bonds is 6. The Morgan fingerprint density at radius 3 is 2.30 bits per heavy atom. The van der Waals surface area contributed by atoms with E-state index in [4.69, 9.17) is 0 Å². The number of thiophene rings is 1. The molecular weight excluding hydrogens is 376 g/mol.